The first kappa shape index (κ1) is 27.4. The maximum atomic E-state index is 13.5. The number of hydrogen-bond donors (Lipinski definition) is 1. The summed E-state index contributed by atoms with van der Waals surface area (Å²) in [4.78, 5) is 30.8. The molecule has 0 aliphatic rings. The quantitative estimate of drug-likeness (QED) is 0.342. The Labute approximate surface area is 216 Å². The monoisotopic (exact) mass is 511 g/mol. The van der Waals surface area contributed by atoms with Crippen molar-refractivity contribution in [3.63, 3.8) is 0 Å². The van der Waals surface area contributed by atoms with Crippen molar-refractivity contribution in [2.24, 2.45) is 0 Å². The third-order valence-corrected chi connectivity index (χ3v) is 6.96. The number of nitrogens with one attached hydrogen (secondary N) is 1. The number of hydrogen-bond acceptors (Lipinski definition) is 4. The zero-order valence-electron chi connectivity index (χ0n) is 21.3. The molecule has 0 bridgehead atoms. The number of benzene rings is 2. The van der Waals surface area contributed by atoms with Crippen molar-refractivity contribution in [2.45, 2.75) is 39.8 Å². The van der Waals surface area contributed by atoms with E-state index in [1.54, 1.807) is 35.5 Å². The maximum Gasteiger partial charge on any atom is 0.322 e. The molecule has 3 rings (SSSR count). The van der Waals surface area contributed by atoms with Crippen LogP contribution in [0.15, 0.2) is 60.0 Å². The van der Waals surface area contributed by atoms with Crippen LogP contribution in [0.2, 0.25) is 0 Å². The van der Waals surface area contributed by atoms with Gasteiger partial charge in [0, 0.05) is 30.8 Å². The molecule has 3 amide bonds. The summed E-state index contributed by atoms with van der Waals surface area (Å²) in [5.41, 5.74) is 3.77. The van der Waals surface area contributed by atoms with E-state index in [2.05, 4.69) is 19.2 Å². The number of urea groups is 1. The molecule has 6 nitrogen and oxygen atoms in total. The van der Waals surface area contributed by atoms with Crippen molar-refractivity contribution in [1.29, 1.82) is 0 Å². The van der Waals surface area contributed by atoms with E-state index in [1.165, 1.54) is 22.6 Å². The molecule has 192 valence electrons. The van der Waals surface area contributed by atoms with Gasteiger partial charge in [-0.2, -0.15) is 0 Å². The van der Waals surface area contributed by atoms with Crippen molar-refractivity contribution in [3.05, 3.63) is 87.4 Å². The van der Waals surface area contributed by atoms with Crippen LogP contribution in [0.1, 0.15) is 41.3 Å². The second kappa shape index (κ2) is 13.2. The molecule has 0 saturated heterocycles. The van der Waals surface area contributed by atoms with Gasteiger partial charge in [0.1, 0.15) is 12.4 Å². The van der Waals surface area contributed by atoms with Gasteiger partial charge >= 0.3 is 6.03 Å². The molecule has 0 fully saturated rings. The van der Waals surface area contributed by atoms with Crippen molar-refractivity contribution < 1.29 is 18.7 Å². The fraction of sp³-hybridized carbons (Fsp3) is 0.357. The third-order valence-electron chi connectivity index (χ3n) is 5.95. The summed E-state index contributed by atoms with van der Waals surface area (Å²) in [6.45, 7) is 7.42. The van der Waals surface area contributed by atoms with Crippen LogP contribution in [-0.4, -0.2) is 48.5 Å². The van der Waals surface area contributed by atoms with E-state index in [0.29, 0.717) is 31.3 Å². The van der Waals surface area contributed by atoms with Crippen LogP contribution < -0.4 is 5.32 Å². The van der Waals surface area contributed by atoms with E-state index in [4.69, 9.17) is 4.74 Å². The summed E-state index contributed by atoms with van der Waals surface area (Å²) in [6, 6.07) is 15.5. The molecule has 0 spiro atoms. The highest BCUT2D eigenvalue weighted by atomic mass is 32.1. The van der Waals surface area contributed by atoms with Gasteiger partial charge in [0.25, 0.3) is 0 Å². The lowest BCUT2D eigenvalue weighted by Gasteiger charge is -2.28. The molecule has 0 aliphatic heterocycles. The lowest BCUT2D eigenvalue weighted by Crippen LogP contribution is -2.45. The number of amides is 3. The summed E-state index contributed by atoms with van der Waals surface area (Å²) < 4.78 is 18.6. The zero-order chi connectivity index (χ0) is 26.1. The van der Waals surface area contributed by atoms with Crippen LogP contribution in [0.25, 0.3) is 0 Å². The molecule has 1 aromatic heterocycles. The van der Waals surface area contributed by atoms with E-state index in [-0.39, 0.29) is 30.8 Å². The lowest BCUT2D eigenvalue weighted by atomic mass is 10.0. The van der Waals surface area contributed by atoms with Crippen LogP contribution in [-0.2, 0) is 22.6 Å². The molecule has 0 aliphatic carbocycles. The minimum atomic E-state index is -0.369. The van der Waals surface area contributed by atoms with E-state index in [1.807, 2.05) is 42.6 Å². The Kier molecular flexibility index (Phi) is 10.0. The number of carbonyl (C=O) groups is 2. The number of ether oxygens (including phenoxy) is 1. The highest BCUT2D eigenvalue weighted by Crippen LogP contribution is 2.21. The molecule has 3 aromatic rings. The summed E-state index contributed by atoms with van der Waals surface area (Å²) in [7, 11) is 1.56. The first-order valence-corrected chi connectivity index (χ1v) is 12.8. The number of anilines is 1. The van der Waals surface area contributed by atoms with E-state index in [9.17, 15) is 14.0 Å². The van der Waals surface area contributed by atoms with Crippen molar-refractivity contribution in [2.75, 3.05) is 32.1 Å². The average molecular weight is 512 g/mol. The zero-order valence-corrected chi connectivity index (χ0v) is 22.1. The van der Waals surface area contributed by atoms with E-state index in [0.717, 1.165) is 16.0 Å². The number of methoxy groups -OCH3 is 1. The van der Waals surface area contributed by atoms with Crippen LogP contribution in [0, 0.1) is 12.7 Å². The summed E-state index contributed by atoms with van der Waals surface area (Å²) >= 11 is 1.59. The molecule has 1 heterocycles. The highest BCUT2D eigenvalue weighted by molar-refractivity contribution is 7.10. The van der Waals surface area contributed by atoms with E-state index < -0.39 is 0 Å². The Bertz CT molecular complexity index is 1130. The molecule has 1 N–H and O–H groups in total. The molecule has 0 unspecified atom stereocenters. The Morgan fingerprint density at radius 3 is 2.28 bits per heavy atom. The predicted octanol–water partition coefficient (Wildman–Crippen LogP) is 6.03. The molecule has 2 aromatic carbocycles. The molecule has 36 heavy (non-hydrogen) atoms. The summed E-state index contributed by atoms with van der Waals surface area (Å²) in [5, 5.41) is 4.89. The average Bonchev–Trinajstić information content (AvgIpc) is 3.26. The number of halogens is 1. The van der Waals surface area contributed by atoms with Crippen molar-refractivity contribution in [1.82, 2.24) is 9.80 Å². The second-order valence-electron chi connectivity index (χ2n) is 9.02. The van der Waals surface area contributed by atoms with Crippen LogP contribution in [0.5, 0.6) is 0 Å². The topological polar surface area (TPSA) is 61.9 Å². The van der Waals surface area contributed by atoms with Crippen LogP contribution in [0.4, 0.5) is 14.9 Å². The molecule has 0 saturated carbocycles. The lowest BCUT2D eigenvalue weighted by molar-refractivity contribution is -0.133. The predicted molar refractivity (Wildman–Crippen MR) is 143 cm³/mol. The molecule has 0 radical (unpaired) electrons. The minimum absolute atomic E-state index is 0.106. The summed E-state index contributed by atoms with van der Waals surface area (Å²) in [6.07, 6.45) is 0. The molecular formula is C28H34FN3O3S. The normalized spacial score (nSPS) is 10.9. The third kappa shape index (κ3) is 7.90. The van der Waals surface area contributed by atoms with Gasteiger partial charge in [0.05, 0.1) is 13.2 Å². The Morgan fingerprint density at radius 1 is 1.00 bits per heavy atom. The van der Waals surface area contributed by atoms with Gasteiger partial charge < -0.3 is 19.9 Å². The Balaban J connectivity index is 1.75. The van der Waals surface area contributed by atoms with Gasteiger partial charge in [0.2, 0.25) is 5.91 Å². The smallest absolute Gasteiger partial charge is 0.322 e. The van der Waals surface area contributed by atoms with Crippen LogP contribution in [0.3, 0.4) is 0 Å². The van der Waals surface area contributed by atoms with Gasteiger partial charge in [-0.3, -0.25) is 4.79 Å². The van der Waals surface area contributed by atoms with Gasteiger partial charge in [-0.05, 0) is 65.2 Å². The van der Waals surface area contributed by atoms with Gasteiger partial charge in [-0.25, -0.2) is 9.18 Å². The van der Waals surface area contributed by atoms with Gasteiger partial charge in [0.15, 0.2) is 0 Å². The maximum absolute atomic E-state index is 13.5. The fourth-order valence-corrected chi connectivity index (χ4v) is 4.57. The van der Waals surface area contributed by atoms with Gasteiger partial charge in [-0.15, -0.1) is 11.3 Å². The fourth-order valence-electron chi connectivity index (χ4n) is 3.65. The van der Waals surface area contributed by atoms with Crippen molar-refractivity contribution in [3.8, 4) is 0 Å². The number of thiophene rings is 1. The Hall–Kier alpha value is -3.23. The number of carbonyl (C=O) groups excluding carboxylic acids is 2. The van der Waals surface area contributed by atoms with E-state index >= 15 is 0 Å². The Morgan fingerprint density at radius 2 is 1.69 bits per heavy atom. The highest BCUT2D eigenvalue weighted by Gasteiger charge is 2.23. The largest absolute Gasteiger partial charge is 0.383 e. The first-order valence-electron chi connectivity index (χ1n) is 12.0. The van der Waals surface area contributed by atoms with Crippen LogP contribution >= 0.6 is 11.3 Å². The molecule has 8 heteroatoms. The second-order valence-corrected chi connectivity index (χ2v) is 10.0. The van der Waals surface area contributed by atoms with Crippen molar-refractivity contribution >= 4 is 29.0 Å². The first-order chi connectivity index (χ1) is 17.3. The number of nitrogens with zero attached hydrogens (tertiary/aromatic N) is 2. The standard InChI is InChI=1S/C28H34FN3O3S/c1-20(2)23-7-11-25(12-8-23)30-28(34)31(14-15-35-4)19-27(33)32(18-26-21(3)13-16-36-26)17-22-5-9-24(29)10-6-22/h5-13,16,20H,14-15,17-19H2,1-4H3,(H,30,34). The molecular weight excluding hydrogens is 477 g/mol. The number of aryl methyl sites for hydroxylation is 1. The number of rotatable bonds is 11. The SMILES string of the molecule is COCCN(CC(=O)N(Cc1ccc(F)cc1)Cc1sccc1C)C(=O)Nc1ccc(C(C)C)cc1. The minimum Gasteiger partial charge on any atom is -0.383 e. The molecule has 0 atom stereocenters. The summed E-state index contributed by atoms with van der Waals surface area (Å²) in [5.74, 6) is -0.132. The van der Waals surface area contributed by atoms with Gasteiger partial charge in [-0.1, -0.05) is 38.1 Å².